The summed E-state index contributed by atoms with van der Waals surface area (Å²) in [4.78, 5) is 10.6. The highest BCUT2D eigenvalue weighted by Crippen LogP contribution is 2.36. The van der Waals surface area contributed by atoms with Crippen LogP contribution in [0.3, 0.4) is 0 Å². The zero-order chi connectivity index (χ0) is 18.6. The van der Waals surface area contributed by atoms with Crippen LogP contribution >= 0.6 is 11.6 Å². The fraction of sp³-hybridized carbons (Fsp3) is 0.188. The van der Waals surface area contributed by atoms with Crippen LogP contribution in [0.25, 0.3) is 0 Å². The van der Waals surface area contributed by atoms with Crippen molar-refractivity contribution < 1.29 is 32.9 Å². The molecule has 6 nitrogen and oxygen atoms in total. The SMILES string of the molecule is COc1ccc(F)c(F)c1COc1cc(N)c(Cl)cc1OCC(=O)O. The van der Waals surface area contributed by atoms with E-state index < -0.39 is 30.8 Å². The van der Waals surface area contributed by atoms with Crippen molar-refractivity contribution in [1.29, 1.82) is 0 Å². The smallest absolute Gasteiger partial charge is 0.341 e. The zero-order valence-electron chi connectivity index (χ0n) is 13.0. The number of benzene rings is 2. The van der Waals surface area contributed by atoms with Crippen molar-refractivity contribution in [3.8, 4) is 17.2 Å². The largest absolute Gasteiger partial charge is 0.496 e. The second kappa shape index (κ2) is 7.89. The van der Waals surface area contributed by atoms with E-state index in [2.05, 4.69) is 0 Å². The number of carbonyl (C=O) groups is 1. The number of hydrogen-bond acceptors (Lipinski definition) is 5. The molecule has 0 atom stereocenters. The molecule has 0 aliphatic heterocycles. The quantitative estimate of drug-likeness (QED) is 0.724. The third-order valence-electron chi connectivity index (χ3n) is 3.16. The molecule has 0 unspecified atom stereocenters. The first kappa shape index (κ1) is 18.6. The van der Waals surface area contributed by atoms with Crippen molar-refractivity contribution in [1.82, 2.24) is 0 Å². The molecule has 0 spiro atoms. The average molecular weight is 374 g/mol. The van der Waals surface area contributed by atoms with Crippen LogP contribution in [0.4, 0.5) is 14.5 Å². The lowest BCUT2D eigenvalue weighted by Crippen LogP contribution is -2.11. The summed E-state index contributed by atoms with van der Waals surface area (Å²) in [5.74, 6) is -3.27. The van der Waals surface area contributed by atoms with Gasteiger partial charge < -0.3 is 25.1 Å². The van der Waals surface area contributed by atoms with Gasteiger partial charge in [-0.3, -0.25) is 0 Å². The van der Waals surface area contributed by atoms with Crippen LogP contribution in [-0.4, -0.2) is 24.8 Å². The van der Waals surface area contributed by atoms with Crippen LogP contribution < -0.4 is 19.9 Å². The Morgan fingerprint density at radius 1 is 1.20 bits per heavy atom. The molecule has 0 aliphatic rings. The summed E-state index contributed by atoms with van der Waals surface area (Å²) in [6, 6.07) is 4.76. The number of nitrogen functional groups attached to an aromatic ring is 1. The van der Waals surface area contributed by atoms with Gasteiger partial charge in [0.05, 0.1) is 23.4 Å². The number of anilines is 1. The third-order valence-corrected chi connectivity index (χ3v) is 3.49. The molecule has 2 rings (SSSR count). The van der Waals surface area contributed by atoms with Crippen molar-refractivity contribution in [3.05, 3.63) is 46.5 Å². The van der Waals surface area contributed by atoms with Gasteiger partial charge in [-0.25, -0.2) is 13.6 Å². The topological polar surface area (TPSA) is 91.0 Å². The molecule has 0 radical (unpaired) electrons. The van der Waals surface area contributed by atoms with E-state index in [9.17, 15) is 13.6 Å². The Morgan fingerprint density at radius 2 is 1.88 bits per heavy atom. The average Bonchev–Trinajstić information content (AvgIpc) is 2.57. The molecule has 25 heavy (non-hydrogen) atoms. The monoisotopic (exact) mass is 373 g/mol. The highest BCUT2D eigenvalue weighted by atomic mass is 35.5. The maximum atomic E-state index is 14.0. The summed E-state index contributed by atoms with van der Waals surface area (Å²) in [7, 11) is 1.30. The summed E-state index contributed by atoms with van der Waals surface area (Å²) in [6.07, 6.45) is 0. The van der Waals surface area contributed by atoms with E-state index in [0.717, 1.165) is 6.07 Å². The predicted octanol–water partition coefficient (Wildman–Crippen LogP) is 3.25. The Hall–Kier alpha value is -2.74. The van der Waals surface area contributed by atoms with E-state index in [1.54, 1.807) is 0 Å². The van der Waals surface area contributed by atoms with Gasteiger partial charge in [0.2, 0.25) is 0 Å². The molecule has 9 heteroatoms. The first-order chi connectivity index (χ1) is 11.8. The molecule has 0 aromatic heterocycles. The van der Waals surface area contributed by atoms with Crippen molar-refractivity contribution in [3.63, 3.8) is 0 Å². The Kier molecular flexibility index (Phi) is 5.87. The maximum absolute atomic E-state index is 14.0. The number of rotatable bonds is 7. The van der Waals surface area contributed by atoms with Gasteiger partial charge >= 0.3 is 5.97 Å². The molecule has 0 aliphatic carbocycles. The van der Waals surface area contributed by atoms with Crippen molar-refractivity contribution in [2.45, 2.75) is 6.61 Å². The van der Waals surface area contributed by atoms with Crippen LogP contribution in [0, 0.1) is 11.6 Å². The molecule has 3 N–H and O–H groups in total. The first-order valence-electron chi connectivity index (χ1n) is 6.90. The molecule has 0 saturated carbocycles. The fourth-order valence-electron chi connectivity index (χ4n) is 1.97. The second-order valence-corrected chi connectivity index (χ2v) is 5.24. The minimum absolute atomic E-state index is 0.00243. The first-order valence-corrected chi connectivity index (χ1v) is 7.28. The predicted molar refractivity (Wildman–Crippen MR) is 86.2 cm³/mol. The molecule has 0 saturated heterocycles. The number of aliphatic carboxylic acids is 1. The van der Waals surface area contributed by atoms with E-state index in [4.69, 9.17) is 36.7 Å². The lowest BCUT2D eigenvalue weighted by atomic mass is 10.2. The molecule has 2 aromatic rings. The highest BCUT2D eigenvalue weighted by molar-refractivity contribution is 6.33. The molecule has 0 heterocycles. The maximum Gasteiger partial charge on any atom is 0.341 e. The summed E-state index contributed by atoms with van der Waals surface area (Å²) in [5.41, 5.74) is 5.67. The van der Waals surface area contributed by atoms with Crippen LogP contribution in [0.5, 0.6) is 17.2 Å². The van der Waals surface area contributed by atoms with Gasteiger partial charge in [0.1, 0.15) is 12.4 Å². The van der Waals surface area contributed by atoms with Crippen molar-refractivity contribution >= 4 is 23.3 Å². The van der Waals surface area contributed by atoms with E-state index in [1.807, 2.05) is 0 Å². The van der Waals surface area contributed by atoms with Crippen molar-refractivity contribution in [2.24, 2.45) is 0 Å². The lowest BCUT2D eigenvalue weighted by molar-refractivity contribution is -0.139. The van der Waals surface area contributed by atoms with Gasteiger partial charge in [-0.1, -0.05) is 11.6 Å². The van der Waals surface area contributed by atoms with E-state index in [-0.39, 0.29) is 33.5 Å². The number of carboxylic acid groups (broad SMARTS) is 1. The lowest BCUT2D eigenvalue weighted by Gasteiger charge is -2.15. The Morgan fingerprint density at radius 3 is 2.52 bits per heavy atom. The number of carboxylic acids is 1. The summed E-state index contributed by atoms with van der Waals surface area (Å²) < 4.78 is 42.9. The van der Waals surface area contributed by atoms with Gasteiger partial charge in [-0.2, -0.15) is 0 Å². The Balaban J connectivity index is 2.30. The van der Waals surface area contributed by atoms with Gasteiger partial charge in [0.25, 0.3) is 0 Å². The summed E-state index contributed by atoms with van der Waals surface area (Å²) in [5, 5.41) is 8.83. The van der Waals surface area contributed by atoms with Gasteiger partial charge in [-0.15, -0.1) is 0 Å². The number of halogens is 3. The molecule has 134 valence electrons. The van der Waals surface area contributed by atoms with Crippen LogP contribution in [-0.2, 0) is 11.4 Å². The molecular weight excluding hydrogens is 360 g/mol. The normalized spacial score (nSPS) is 10.4. The van der Waals surface area contributed by atoms with Gasteiger partial charge in [0, 0.05) is 12.1 Å². The third kappa shape index (κ3) is 4.42. The summed E-state index contributed by atoms with van der Waals surface area (Å²) >= 11 is 5.87. The number of ether oxygens (including phenoxy) is 3. The summed E-state index contributed by atoms with van der Waals surface area (Å²) in [6.45, 7) is -1.05. The Bertz CT molecular complexity index is 801. The molecular formula is C16H14ClF2NO5. The number of hydrogen-bond donors (Lipinski definition) is 2. The minimum atomic E-state index is -1.21. The Labute approximate surface area is 146 Å². The van der Waals surface area contributed by atoms with Crippen LogP contribution in [0.2, 0.25) is 5.02 Å². The molecule has 0 amide bonds. The molecule has 0 bridgehead atoms. The minimum Gasteiger partial charge on any atom is -0.496 e. The van der Waals surface area contributed by atoms with Crippen molar-refractivity contribution in [2.75, 3.05) is 19.5 Å². The van der Waals surface area contributed by atoms with Crippen LogP contribution in [0.1, 0.15) is 5.56 Å². The van der Waals surface area contributed by atoms with Crippen LogP contribution in [0.15, 0.2) is 24.3 Å². The number of nitrogens with two attached hydrogens (primary N) is 1. The number of methoxy groups -OCH3 is 1. The van der Waals surface area contributed by atoms with E-state index in [1.165, 1.54) is 25.3 Å². The molecule has 0 fully saturated rings. The standard InChI is InChI=1S/C16H14ClF2NO5/c1-23-12-3-2-10(18)16(19)8(12)6-24-14-5-11(20)9(17)4-13(14)25-7-15(21)22/h2-5H,6-7,20H2,1H3,(H,21,22). The van der Waals surface area contributed by atoms with Gasteiger partial charge in [0.15, 0.2) is 29.7 Å². The van der Waals surface area contributed by atoms with E-state index in [0.29, 0.717) is 0 Å². The molecule has 2 aromatic carbocycles. The second-order valence-electron chi connectivity index (χ2n) is 4.83. The van der Waals surface area contributed by atoms with E-state index >= 15 is 0 Å². The zero-order valence-corrected chi connectivity index (χ0v) is 13.8. The highest BCUT2D eigenvalue weighted by Gasteiger charge is 2.17. The fourth-order valence-corrected chi connectivity index (χ4v) is 2.12. The van der Waals surface area contributed by atoms with Gasteiger partial charge in [-0.05, 0) is 12.1 Å².